The number of rotatable bonds is 6. The van der Waals surface area contributed by atoms with E-state index in [9.17, 15) is 18.1 Å². The number of hydrogen-bond donors (Lipinski definition) is 1. The van der Waals surface area contributed by atoms with Crippen molar-refractivity contribution in [3.05, 3.63) is 95.1 Å². The topological polar surface area (TPSA) is 86.7 Å². The summed E-state index contributed by atoms with van der Waals surface area (Å²) in [5.41, 5.74) is 4.50. The Bertz CT molecular complexity index is 1030. The van der Waals surface area contributed by atoms with Crippen molar-refractivity contribution in [2.24, 2.45) is 0 Å². The third-order valence-corrected chi connectivity index (χ3v) is 6.63. The third-order valence-electron chi connectivity index (χ3n) is 4.25. The Hall–Kier alpha value is -2.32. The van der Waals surface area contributed by atoms with Crippen LogP contribution in [0.4, 0.5) is 0 Å². The van der Waals surface area contributed by atoms with Gasteiger partial charge in [0.1, 0.15) is 17.8 Å². The van der Waals surface area contributed by atoms with Gasteiger partial charge >= 0.3 is 0 Å². The van der Waals surface area contributed by atoms with Crippen molar-refractivity contribution in [3.63, 3.8) is 0 Å². The molecule has 3 rings (SSSR count). The molecule has 1 atom stereocenters. The monoisotopic (exact) mass is 446 g/mol. The average molecular weight is 447 g/mol. The van der Waals surface area contributed by atoms with E-state index in [-0.39, 0.29) is 17.5 Å². The Morgan fingerprint density at radius 1 is 0.933 bits per heavy atom. The van der Waals surface area contributed by atoms with Crippen LogP contribution in [-0.4, -0.2) is 24.3 Å². The van der Waals surface area contributed by atoms with Gasteiger partial charge in [0, 0.05) is 22.0 Å². The molecule has 1 N–H and O–H groups in total. The van der Waals surface area contributed by atoms with Gasteiger partial charge in [-0.2, -0.15) is 0 Å². The molecule has 0 heterocycles. The van der Waals surface area contributed by atoms with E-state index >= 15 is 0 Å². The van der Waals surface area contributed by atoms with Gasteiger partial charge in [-0.15, -0.1) is 0 Å². The van der Waals surface area contributed by atoms with Crippen molar-refractivity contribution in [2.45, 2.75) is 31.1 Å². The first-order valence-corrected chi connectivity index (χ1v) is 12.4. The van der Waals surface area contributed by atoms with Gasteiger partial charge in [-0.3, -0.25) is 4.18 Å². The molecule has 0 fully saturated rings. The largest absolute Gasteiger partial charge is 0.726 e. The number of phenolic OH excluding ortho intramolecular Hbond substituents is 1. The minimum absolute atomic E-state index is 0.178. The molecule has 0 aliphatic carbocycles. The maximum absolute atomic E-state index is 10.0. The van der Waals surface area contributed by atoms with Gasteiger partial charge in [0.2, 0.25) is 10.4 Å². The van der Waals surface area contributed by atoms with Crippen LogP contribution in [-0.2, 0) is 37.8 Å². The molecule has 0 amide bonds. The van der Waals surface area contributed by atoms with E-state index in [1.54, 1.807) is 36.4 Å². The van der Waals surface area contributed by atoms with Crippen molar-refractivity contribution in [1.29, 1.82) is 0 Å². The lowest BCUT2D eigenvalue weighted by molar-refractivity contribution is 0.253. The van der Waals surface area contributed by atoms with Crippen molar-refractivity contribution in [1.82, 2.24) is 0 Å². The molecule has 0 spiro atoms. The minimum Gasteiger partial charge on any atom is -0.726 e. The Morgan fingerprint density at radius 2 is 1.57 bits per heavy atom. The van der Waals surface area contributed by atoms with Gasteiger partial charge in [-0.25, -0.2) is 8.42 Å². The molecule has 0 bridgehead atoms. The van der Waals surface area contributed by atoms with Gasteiger partial charge < -0.3 is 9.66 Å². The molecule has 0 saturated carbocycles. The Morgan fingerprint density at radius 3 is 2.13 bits per heavy atom. The first-order valence-electron chi connectivity index (χ1n) is 9.26. The number of benzene rings is 3. The zero-order chi connectivity index (χ0) is 22.1. The summed E-state index contributed by atoms with van der Waals surface area (Å²) >= 11 is 0. The lowest BCUT2D eigenvalue weighted by Gasteiger charge is -2.07. The fourth-order valence-corrected chi connectivity index (χ4v) is 4.79. The summed E-state index contributed by atoms with van der Waals surface area (Å²) in [5, 5.41) is 9.44. The normalized spacial score (nSPS) is 12.0. The summed E-state index contributed by atoms with van der Waals surface area (Å²) in [4.78, 5) is 1.34. The lowest BCUT2D eigenvalue weighted by Crippen LogP contribution is -2.05. The molecule has 0 saturated heterocycles. The maximum Gasteiger partial charge on any atom is 0.217 e. The minimum atomic E-state index is -4.57. The fraction of sp³-hybridized carbons (Fsp3) is 0.217. The highest BCUT2D eigenvalue weighted by Crippen LogP contribution is 2.24. The second-order valence-electron chi connectivity index (χ2n) is 6.87. The van der Waals surface area contributed by atoms with E-state index in [0.717, 1.165) is 5.75 Å². The highest BCUT2D eigenvalue weighted by atomic mass is 32.3. The zero-order valence-electron chi connectivity index (χ0n) is 17.2. The summed E-state index contributed by atoms with van der Waals surface area (Å²) in [5.74, 6) is 1.41. The van der Waals surface area contributed by atoms with Gasteiger partial charge in [0.05, 0.1) is 6.61 Å². The van der Waals surface area contributed by atoms with E-state index in [1.807, 2.05) is 12.1 Å². The van der Waals surface area contributed by atoms with Gasteiger partial charge in [0.15, 0.2) is 4.90 Å². The summed E-state index contributed by atoms with van der Waals surface area (Å²) in [6.07, 6.45) is 2.26. The van der Waals surface area contributed by atoms with Crippen molar-refractivity contribution < 1.29 is 22.3 Å². The van der Waals surface area contributed by atoms with Crippen LogP contribution < -0.4 is 0 Å². The van der Waals surface area contributed by atoms with Gasteiger partial charge in [-0.1, -0.05) is 60.2 Å². The second-order valence-corrected chi connectivity index (χ2v) is 9.93. The van der Waals surface area contributed by atoms with Gasteiger partial charge in [-0.05, 0) is 37.6 Å². The molecule has 0 radical (unpaired) electrons. The van der Waals surface area contributed by atoms with Crippen molar-refractivity contribution >= 4 is 21.3 Å². The summed E-state index contributed by atoms with van der Waals surface area (Å²) < 4.78 is 34.1. The molecule has 3 aromatic rings. The van der Waals surface area contributed by atoms with Gasteiger partial charge in [0.25, 0.3) is 0 Å². The van der Waals surface area contributed by atoms with Crippen LogP contribution >= 0.6 is 0 Å². The van der Waals surface area contributed by atoms with Crippen LogP contribution in [0.25, 0.3) is 0 Å². The zero-order valence-corrected chi connectivity index (χ0v) is 18.9. The highest BCUT2D eigenvalue weighted by molar-refractivity contribution is 7.95. The second kappa shape index (κ2) is 11.2. The SMILES string of the molecule is Cc1ccc(C[S+](C)c2ccc(O)cc2C)cc1.O=S(=O)([O-])OCc1ccccc1. The van der Waals surface area contributed by atoms with Crippen LogP contribution in [0.3, 0.4) is 0 Å². The third kappa shape index (κ3) is 8.59. The van der Waals surface area contributed by atoms with Crippen LogP contribution in [0.5, 0.6) is 5.75 Å². The molecule has 30 heavy (non-hydrogen) atoms. The first-order chi connectivity index (χ1) is 14.1. The molecular weight excluding hydrogens is 420 g/mol. The maximum atomic E-state index is 10.0. The molecule has 0 aromatic heterocycles. The lowest BCUT2D eigenvalue weighted by atomic mass is 10.2. The summed E-state index contributed by atoms with van der Waals surface area (Å²) in [6.45, 7) is 3.97. The molecule has 1 unspecified atom stereocenters. The molecule has 3 aromatic carbocycles. The van der Waals surface area contributed by atoms with Crippen LogP contribution in [0.2, 0.25) is 0 Å². The van der Waals surface area contributed by atoms with Crippen molar-refractivity contribution in [3.8, 4) is 5.75 Å². The average Bonchev–Trinajstić information content (AvgIpc) is 2.69. The predicted molar refractivity (Wildman–Crippen MR) is 120 cm³/mol. The molecule has 7 heteroatoms. The molecular formula is C23H26O5S2. The van der Waals surface area contributed by atoms with Crippen LogP contribution in [0.15, 0.2) is 77.7 Å². The van der Waals surface area contributed by atoms with Crippen LogP contribution in [0.1, 0.15) is 22.3 Å². The smallest absolute Gasteiger partial charge is 0.217 e. The molecule has 5 nitrogen and oxygen atoms in total. The van der Waals surface area contributed by atoms with E-state index in [0.29, 0.717) is 11.3 Å². The van der Waals surface area contributed by atoms with E-state index in [4.69, 9.17) is 0 Å². The summed E-state index contributed by atoms with van der Waals surface area (Å²) in [7, 11) is -4.39. The fourth-order valence-electron chi connectivity index (χ4n) is 2.75. The Balaban J connectivity index is 0.000000232. The molecule has 160 valence electrons. The predicted octanol–water partition coefficient (Wildman–Crippen LogP) is 4.48. The Labute approximate surface area is 181 Å². The standard InChI is InChI=1S/C16H18OS.C7H8O4S/c1-12-4-6-14(7-5-12)11-18(3)16-9-8-15(17)10-13(16)2;8-12(9,10)11-6-7-4-2-1-3-5-7/h4-10H,11H2,1-3H3;1-5H,6H2,(H,8,9,10). The summed E-state index contributed by atoms with van der Waals surface area (Å²) in [6, 6.07) is 23.0. The Kier molecular flexibility index (Phi) is 8.92. The van der Waals surface area contributed by atoms with Crippen LogP contribution in [0, 0.1) is 13.8 Å². The molecule has 0 aliphatic heterocycles. The molecule has 0 aliphatic rings. The van der Waals surface area contributed by atoms with E-state index in [1.165, 1.54) is 21.6 Å². The first kappa shape index (κ1) is 24.0. The highest BCUT2D eigenvalue weighted by Gasteiger charge is 2.18. The number of aryl methyl sites for hydroxylation is 2. The number of aromatic hydroxyl groups is 1. The van der Waals surface area contributed by atoms with E-state index in [2.05, 4.69) is 48.6 Å². The van der Waals surface area contributed by atoms with Crippen molar-refractivity contribution in [2.75, 3.05) is 6.26 Å². The number of phenols is 1. The number of hydrogen-bond acceptors (Lipinski definition) is 5. The quantitative estimate of drug-likeness (QED) is 0.343. The van der Waals surface area contributed by atoms with E-state index < -0.39 is 10.4 Å².